The lowest BCUT2D eigenvalue weighted by Crippen LogP contribution is -2.42. The van der Waals surface area contributed by atoms with Gasteiger partial charge < -0.3 is 20.1 Å². The van der Waals surface area contributed by atoms with Crippen LogP contribution in [0.25, 0.3) is 11.0 Å². The number of carbonyl (C=O) groups is 1. The number of aryl methyl sites for hydroxylation is 1. The highest BCUT2D eigenvalue weighted by Gasteiger charge is 2.29. The Morgan fingerprint density at radius 1 is 1.18 bits per heavy atom. The summed E-state index contributed by atoms with van der Waals surface area (Å²) in [6.07, 6.45) is 9.84. The third kappa shape index (κ3) is 5.33. The summed E-state index contributed by atoms with van der Waals surface area (Å²) in [5, 5.41) is 10.6. The largest absolute Gasteiger partial charge is 0.364 e. The van der Waals surface area contributed by atoms with E-state index >= 15 is 0 Å². The molecule has 1 aliphatic heterocycles. The van der Waals surface area contributed by atoms with Crippen LogP contribution in [0, 0.1) is 12.8 Å². The van der Waals surface area contributed by atoms with Gasteiger partial charge in [-0.15, -0.1) is 0 Å². The highest BCUT2D eigenvalue weighted by Crippen LogP contribution is 2.33. The van der Waals surface area contributed by atoms with E-state index in [2.05, 4.69) is 43.9 Å². The number of amides is 1. The molecule has 1 atom stereocenters. The molecule has 1 saturated carbocycles. The van der Waals surface area contributed by atoms with Gasteiger partial charge in [0.2, 0.25) is 0 Å². The molecule has 2 aliphatic rings. The molecule has 1 saturated heterocycles. The lowest BCUT2D eigenvalue weighted by atomic mass is 9.85. The van der Waals surface area contributed by atoms with Gasteiger partial charge >= 0.3 is 0 Å². The van der Waals surface area contributed by atoms with Crippen molar-refractivity contribution in [3.05, 3.63) is 47.1 Å². The summed E-state index contributed by atoms with van der Waals surface area (Å²) in [6, 6.07) is 6.35. The van der Waals surface area contributed by atoms with E-state index in [0.717, 1.165) is 62.4 Å². The van der Waals surface area contributed by atoms with E-state index in [-0.39, 0.29) is 11.9 Å². The zero-order valence-corrected chi connectivity index (χ0v) is 20.1. The fourth-order valence-electron chi connectivity index (χ4n) is 5.40. The minimum absolute atomic E-state index is 0.148. The van der Waals surface area contributed by atoms with Crippen molar-refractivity contribution in [2.45, 2.75) is 64.5 Å². The van der Waals surface area contributed by atoms with Crippen LogP contribution >= 0.6 is 0 Å². The van der Waals surface area contributed by atoms with Crippen molar-refractivity contribution in [2.75, 3.05) is 26.2 Å². The van der Waals surface area contributed by atoms with Crippen molar-refractivity contribution in [3.63, 3.8) is 0 Å². The second kappa shape index (κ2) is 10.7. The fourth-order valence-corrected chi connectivity index (χ4v) is 5.40. The predicted octanol–water partition coefficient (Wildman–Crippen LogP) is 4.10. The Balaban J connectivity index is 1.41. The van der Waals surface area contributed by atoms with Crippen molar-refractivity contribution in [1.82, 2.24) is 30.7 Å². The summed E-state index contributed by atoms with van der Waals surface area (Å²) >= 11 is 0. The standard InChI is InChI=1S/C26H36N6O2/c1-18-21(17-34-31-18)26(33)30-24(20-7-5-3-2-4-6-8-20)25-28-22-10-9-19(15-23(22)29-25)16-32-13-11-27-12-14-32/h9-10,15,17,20,24,27H,2-8,11-14,16H2,1H3,(H,28,29)(H,30,33). The third-order valence-electron chi connectivity index (χ3n) is 7.38. The summed E-state index contributed by atoms with van der Waals surface area (Å²) in [7, 11) is 0. The van der Waals surface area contributed by atoms with Crippen LogP contribution in [0.5, 0.6) is 0 Å². The van der Waals surface area contributed by atoms with Gasteiger partial charge in [-0.3, -0.25) is 9.69 Å². The van der Waals surface area contributed by atoms with E-state index in [1.54, 1.807) is 6.92 Å². The number of hydrogen-bond donors (Lipinski definition) is 3. The zero-order valence-electron chi connectivity index (χ0n) is 20.1. The van der Waals surface area contributed by atoms with E-state index in [0.29, 0.717) is 17.2 Å². The molecule has 1 amide bonds. The van der Waals surface area contributed by atoms with Crippen LogP contribution in [0.3, 0.4) is 0 Å². The molecule has 0 bridgehead atoms. The molecule has 3 aromatic rings. The highest BCUT2D eigenvalue weighted by molar-refractivity contribution is 5.95. The molecule has 2 fully saturated rings. The van der Waals surface area contributed by atoms with Gasteiger partial charge in [0.25, 0.3) is 5.91 Å². The number of nitrogens with one attached hydrogen (secondary N) is 3. The topological polar surface area (TPSA) is 99.1 Å². The molecule has 3 N–H and O–H groups in total. The lowest BCUT2D eigenvalue weighted by Gasteiger charge is -2.28. The monoisotopic (exact) mass is 464 g/mol. The Morgan fingerprint density at radius 2 is 1.94 bits per heavy atom. The normalized spacial score (nSPS) is 19.6. The maximum atomic E-state index is 13.1. The van der Waals surface area contributed by atoms with Gasteiger partial charge in [0.15, 0.2) is 0 Å². The molecule has 8 nitrogen and oxygen atoms in total. The summed E-state index contributed by atoms with van der Waals surface area (Å²) < 4.78 is 5.02. The number of imidazole rings is 1. The Bertz CT molecular complexity index is 1090. The van der Waals surface area contributed by atoms with Gasteiger partial charge in [0.1, 0.15) is 17.7 Å². The van der Waals surface area contributed by atoms with Crippen LogP contribution in [0.4, 0.5) is 0 Å². The fraction of sp³-hybridized carbons (Fsp3) is 0.577. The maximum Gasteiger partial charge on any atom is 0.257 e. The molecule has 1 unspecified atom stereocenters. The number of H-pyrrole nitrogens is 1. The molecule has 1 aromatic carbocycles. The van der Waals surface area contributed by atoms with Crippen LogP contribution in [-0.4, -0.2) is 52.1 Å². The molecule has 5 rings (SSSR count). The van der Waals surface area contributed by atoms with Gasteiger partial charge in [0.05, 0.1) is 22.8 Å². The van der Waals surface area contributed by atoms with Gasteiger partial charge in [-0.1, -0.05) is 43.3 Å². The molecular weight excluding hydrogens is 428 g/mol. The Kier molecular flexibility index (Phi) is 7.25. The minimum atomic E-state index is -0.163. The Hall–Kier alpha value is -2.71. The molecule has 182 valence electrons. The van der Waals surface area contributed by atoms with Crippen molar-refractivity contribution in [2.24, 2.45) is 5.92 Å². The lowest BCUT2D eigenvalue weighted by molar-refractivity contribution is 0.0911. The summed E-state index contributed by atoms with van der Waals surface area (Å²) in [5.41, 5.74) is 4.36. The van der Waals surface area contributed by atoms with E-state index in [4.69, 9.17) is 9.51 Å². The summed E-state index contributed by atoms with van der Waals surface area (Å²) in [4.78, 5) is 24.2. The quantitative estimate of drug-likeness (QED) is 0.508. The number of aromatic amines is 1. The van der Waals surface area contributed by atoms with Gasteiger partial charge in [-0.25, -0.2) is 4.98 Å². The minimum Gasteiger partial charge on any atom is -0.364 e. The van der Waals surface area contributed by atoms with Gasteiger partial charge in [0, 0.05) is 32.7 Å². The first-order valence-corrected chi connectivity index (χ1v) is 12.8. The second-order valence-electron chi connectivity index (χ2n) is 9.87. The van der Waals surface area contributed by atoms with Crippen molar-refractivity contribution < 1.29 is 9.32 Å². The number of nitrogens with zero attached hydrogens (tertiary/aromatic N) is 3. The molecule has 3 heterocycles. The highest BCUT2D eigenvalue weighted by atomic mass is 16.5. The predicted molar refractivity (Wildman–Crippen MR) is 131 cm³/mol. The first-order valence-electron chi connectivity index (χ1n) is 12.8. The van der Waals surface area contributed by atoms with E-state index < -0.39 is 0 Å². The molecule has 0 spiro atoms. The van der Waals surface area contributed by atoms with Crippen LogP contribution in [0.15, 0.2) is 29.0 Å². The number of fused-ring (bicyclic) bond motifs is 1. The second-order valence-corrected chi connectivity index (χ2v) is 9.87. The van der Waals surface area contributed by atoms with Gasteiger partial charge in [-0.05, 0) is 43.4 Å². The van der Waals surface area contributed by atoms with Gasteiger partial charge in [-0.2, -0.15) is 0 Å². The van der Waals surface area contributed by atoms with E-state index in [1.165, 1.54) is 43.9 Å². The van der Waals surface area contributed by atoms with Crippen LogP contribution in [-0.2, 0) is 6.54 Å². The van der Waals surface area contributed by atoms with Crippen molar-refractivity contribution in [1.29, 1.82) is 0 Å². The Morgan fingerprint density at radius 3 is 2.68 bits per heavy atom. The van der Waals surface area contributed by atoms with Crippen LogP contribution < -0.4 is 10.6 Å². The average Bonchev–Trinajstić information content (AvgIpc) is 3.44. The first-order chi connectivity index (χ1) is 16.7. The number of piperazine rings is 1. The number of hydrogen-bond acceptors (Lipinski definition) is 6. The summed E-state index contributed by atoms with van der Waals surface area (Å²) in [5.74, 6) is 1.05. The molecule has 1 aliphatic carbocycles. The molecular formula is C26H36N6O2. The van der Waals surface area contributed by atoms with Crippen LogP contribution in [0.2, 0.25) is 0 Å². The molecule has 34 heavy (non-hydrogen) atoms. The first kappa shape index (κ1) is 23.1. The van der Waals surface area contributed by atoms with Crippen molar-refractivity contribution >= 4 is 16.9 Å². The SMILES string of the molecule is Cc1nocc1C(=O)NC(c1nc2cc(CN3CCNCC3)ccc2[nH]1)C1CCCCCCC1. The number of rotatable bonds is 6. The number of benzene rings is 1. The van der Waals surface area contributed by atoms with E-state index in [1.807, 2.05) is 0 Å². The zero-order chi connectivity index (χ0) is 23.3. The number of carbonyl (C=O) groups excluding carboxylic acids is 1. The Labute approximate surface area is 200 Å². The molecule has 8 heteroatoms. The maximum absolute atomic E-state index is 13.1. The summed E-state index contributed by atoms with van der Waals surface area (Å²) in [6.45, 7) is 6.97. The molecule has 2 aromatic heterocycles. The van der Waals surface area contributed by atoms with Crippen LogP contribution in [0.1, 0.15) is 78.4 Å². The average molecular weight is 465 g/mol. The van der Waals surface area contributed by atoms with Crippen molar-refractivity contribution in [3.8, 4) is 0 Å². The van der Waals surface area contributed by atoms with E-state index in [9.17, 15) is 4.79 Å². The molecule has 0 radical (unpaired) electrons. The number of aromatic nitrogens is 3. The third-order valence-corrected chi connectivity index (χ3v) is 7.38. The smallest absolute Gasteiger partial charge is 0.257 e.